The summed E-state index contributed by atoms with van der Waals surface area (Å²) >= 11 is 13.5. The number of fused-ring (bicyclic) bond motifs is 1. The minimum atomic E-state index is -0.727. The molecule has 0 atom stereocenters. The molecule has 0 radical (unpaired) electrons. The number of nitrogens with zero attached hydrogens (tertiary/aromatic N) is 3. The van der Waals surface area contributed by atoms with E-state index in [1.54, 1.807) is 23.9 Å². The number of hydrogen-bond donors (Lipinski definition) is 0. The summed E-state index contributed by atoms with van der Waals surface area (Å²) in [4.78, 5) is 21.4. The third-order valence-corrected chi connectivity index (χ3v) is 5.76. The fourth-order valence-electron chi connectivity index (χ4n) is 2.78. The van der Waals surface area contributed by atoms with E-state index in [-0.39, 0.29) is 22.8 Å². The lowest BCUT2D eigenvalue weighted by molar-refractivity contribution is 0.624. The molecule has 8 heteroatoms. The summed E-state index contributed by atoms with van der Waals surface area (Å²) in [6.07, 6.45) is 0. The fraction of sp³-hybridized carbons (Fsp3) is 0.0500. The van der Waals surface area contributed by atoms with Crippen LogP contribution in [0.4, 0.5) is 4.39 Å². The van der Waals surface area contributed by atoms with E-state index in [1.165, 1.54) is 4.57 Å². The van der Waals surface area contributed by atoms with Crippen molar-refractivity contribution in [1.29, 1.82) is 0 Å². The van der Waals surface area contributed by atoms with Gasteiger partial charge in [0.1, 0.15) is 5.15 Å². The van der Waals surface area contributed by atoms with E-state index in [4.69, 9.17) is 23.2 Å². The Bertz CT molecular complexity index is 1240. The number of benzene rings is 2. The molecule has 0 saturated carbocycles. The minimum Gasteiger partial charge on any atom is -0.245 e. The topological polar surface area (TPSA) is 47.8 Å². The zero-order chi connectivity index (χ0) is 19.7. The van der Waals surface area contributed by atoms with E-state index in [2.05, 4.69) is 9.97 Å². The molecule has 4 nitrogen and oxygen atoms in total. The molecule has 4 aromatic rings. The molecule has 2 aromatic heterocycles. The van der Waals surface area contributed by atoms with Crippen molar-refractivity contribution in [3.63, 3.8) is 0 Å². The molecule has 0 saturated heterocycles. The van der Waals surface area contributed by atoms with Gasteiger partial charge in [-0.15, -0.1) is 11.8 Å². The fourth-order valence-corrected chi connectivity index (χ4v) is 4.12. The Morgan fingerprint density at radius 1 is 1.00 bits per heavy atom. The van der Waals surface area contributed by atoms with Crippen molar-refractivity contribution in [3.05, 3.63) is 92.8 Å². The Kier molecular flexibility index (Phi) is 5.35. The molecule has 142 valence electrons. The lowest BCUT2D eigenvalue weighted by atomic mass is 10.2. The average Bonchev–Trinajstić information content (AvgIpc) is 2.70. The van der Waals surface area contributed by atoms with Crippen LogP contribution in [-0.2, 0) is 5.75 Å². The SMILES string of the molecule is O=c1nc(Cl)c2cc(F)c(Cl)nc2n1-c1ccccc1SCc1ccccc1.[HH]. The highest BCUT2D eigenvalue weighted by atomic mass is 35.5. The number of pyridine rings is 1. The molecule has 28 heavy (non-hydrogen) atoms. The van der Waals surface area contributed by atoms with Crippen LogP contribution >= 0.6 is 35.0 Å². The third kappa shape index (κ3) is 3.63. The molecule has 0 N–H and O–H groups in total. The Labute approximate surface area is 175 Å². The number of para-hydroxylation sites is 1. The van der Waals surface area contributed by atoms with Gasteiger partial charge in [0.05, 0.1) is 11.1 Å². The van der Waals surface area contributed by atoms with Gasteiger partial charge < -0.3 is 0 Å². The molecule has 0 unspecified atom stereocenters. The van der Waals surface area contributed by atoms with Crippen LogP contribution in [0.15, 0.2) is 70.4 Å². The minimum absolute atomic E-state index is 0. The second-order valence-corrected chi connectivity index (χ2v) is 7.63. The van der Waals surface area contributed by atoms with E-state index < -0.39 is 11.5 Å². The van der Waals surface area contributed by atoms with Gasteiger partial charge >= 0.3 is 5.69 Å². The molecule has 0 spiro atoms. The van der Waals surface area contributed by atoms with Gasteiger partial charge in [-0.25, -0.2) is 18.7 Å². The summed E-state index contributed by atoms with van der Waals surface area (Å²) in [6, 6.07) is 18.5. The third-order valence-electron chi connectivity index (χ3n) is 4.08. The van der Waals surface area contributed by atoms with Gasteiger partial charge in [-0.1, -0.05) is 65.7 Å². The van der Waals surface area contributed by atoms with Crippen molar-refractivity contribution >= 4 is 46.0 Å². The van der Waals surface area contributed by atoms with Crippen LogP contribution in [0.3, 0.4) is 0 Å². The Hall–Kier alpha value is -2.41. The monoisotopic (exact) mass is 433 g/mol. The highest BCUT2D eigenvalue weighted by Crippen LogP contribution is 2.31. The van der Waals surface area contributed by atoms with E-state index in [0.717, 1.165) is 16.5 Å². The summed E-state index contributed by atoms with van der Waals surface area (Å²) < 4.78 is 15.2. The summed E-state index contributed by atoms with van der Waals surface area (Å²) in [5, 5.41) is -0.239. The number of thioether (sulfide) groups is 1. The summed E-state index contributed by atoms with van der Waals surface area (Å²) in [5.41, 5.74) is 1.28. The molecular weight excluding hydrogens is 420 g/mol. The Morgan fingerprint density at radius 2 is 1.71 bits per heavy atom. The van der Waals surface area contributed by atoms with Crippen molar-refractivity contribution in [1.82, 2.24) is 14.5 Å². The molecule has 0 amide bonds. The predicted octanol–water partition coefficient (Wildman–Crippen LogP) is 5.76. The smallest absolute Gasteiger partial charge is 0.245 e. The van der Waals surface area contributed by atoms with Gasteiger partial charge in [0, 0.05) is 12.1 Å². The predicted molar refractivity (Wildman–Crippen MR) is 113 cm³/mol. The van der Waals surface area contributed by atoms with Crippen LogP contribution in [-0.4, -0.2) is 14.5 Å². The van der Waals surface area contributed by atoms with E-state index in [0.29, 0.717) is 11.4 Å². The lowest BCUT2D eigenvalue weighted by Crippen LogP contribution is -2.23. The first-order chi connectivity index (χ1) is 13.5. The van der Waals surface area contributed by atoms with E-state index in [1.807, 2.05) is 42.5 Å². The molecular formula is C20H14Cl2FN3OS. The van der Waals surface area contributed by atoms with E-state index >= 15 is 0 Å². The summed E-state index contributed by atoms with van der Waals surface area (Å²) in [7, 11) is 0. The van der Waals surface area contributed by atoms with Gasteiger partial charge in [-0.2, -0.15) is 4.98 Å². The molecule has 2 heterocycles. The summed E-state index contributed by atoms with van der Waals surface area (Å²) in [6.45, 7) is 0. The molecule has 0 aliphatic rings. The maximum absolute atomic E-state index is 13.9. The summed E-state index contributed by atoms with van der Waals surface area (Å²) in [5.74, 6) is -0.0104. The first-order valence-corrected chi connectivity index (χ1v) is 9.99. The van der Waals surface area contributed by atoms with E-state index in [9.17, 15) is 9.18 Å². The highest BCUT2D eigenvalue weighted by molar-refractivity contribution is 7.98. The van der Waals surface area contributed by atoms with Gasteiger partial charge in [-0.3, -0.25) is 0 Å². The van der Waals surface area contributed by atoms with Crippen LogP contribution in [0.5, 0.6) is 0 Å². The maximum Gasteiger partial charge on any atom is 0.355 e. The van der Waals surface area contributed by atoms with Gasteiger partial charge in [0.2, 0.25) is 0 Å². The van der Waals surface area contributed by atoms with Crippen molar-refractivity contribution in [2.24, 2.45) is 0 Å². The van der Waals surface area contributed by atoms with Crippen molar-refractivity contribution in [2.45, 2.75) is 10.6 Å². The molecule has 4 rings (SSSR count). The molecule has 0 fully saturated rings. The molecule has 0 aliphatic heterocycles. The quantitative estimate of drug-likeness (QED) is 0.233. The largest absolute Gasteiger partial charge is 0.355 e. The number of rotatable bonds is 4. The second kappa shape index (κ2) is 7.91. The first-order valence-electron chi connectivity index (χ1n) is 8.25. The van der Waals surface area contributed by atoms with Crippen molar-refractivity contribution in [3.8, 4) is 5.69 Å². The van der Waals surface area contributed by atoms with Crippen LogP contribution in [0, 0.1) is 5.82 Å². The standard InChI is InChI=1S/C20H12Cl2FN3OS.H2/c21-17-13-10-14(23)18(22)24-19(13)26(20(27)25-17)15-8-4-5-9-16(15)28-11-12-6-2-1-3-7-12;/h1-10H,11H2;1H. The Morgan fingerprint density at radius 3 is 2.50 bits per heavy atom. The number of hydrogen-bond acceptors (Lipinski definition) is 4. The normalized spacial score (nSPS) is 11.1. The highest BCUT2D eigenvalue weighted by Gasteiger charge is 2.17. The van der Waals surface area contributed by atoms with Crippen LogP contribution in [0.2, 0.25) is 10.3 Å². The van der Waals surface area contributed by atoms with Gasteiger partial charge in [-0.05, 0) is 23.8 Å². The first kappa shape index (κ1) is 18.9. The maximum atomic E-state index is 13.9. The molecule has 0 bridgehead atoms. The van der Waals surface area contributed by atoms with Crippen LogP contribution in [0.1, 0.15) is 6.99 Å². The van der Waals surface area contributed by atoms with Crippen molar-refractivity contribution < 1.29 is 5.82 Å². The van der Waals surface area contributed by atoms with Crippen LogP contribution < -0.4 is 5.69 Å². The molecule has 0 aliphatic carbocycles. The van der Waals surface area contributed by atoms with Gasteiger partial charge in [0.25, 0.3) is 0 Å². The van der Waals surface area contributed by atoms with Crippen molar-refractivity contribution in [2.75, 3.05) is 0 Å². The average molecular weight is 434 g/mol. The Balaban J connectivity index is 0.00000240. The number of halogens is 3. The number of aromatic nitrogens is 3. The second-order valence-electron chi connectivity index (χ2n) is 5.89. The zero-order valence-electron chi connectivity index (χ0n) is 14.3. The van der Waals surface area contributed by atoms with Gasteiger partial charge in [0.15, 0.2) is 16.6 Å². The van der Waals surface area contributed by atoms with Crippen LogP contribution in [0.25, 0.3) is 16.7 Å². The zero-order valence-corrected chi connectivity index (χ0v) is 16.6. The molecule has 2 aromatic carbocycles. The lowest BCUT2D eigenvalue weighted by Gasteiger charge is -2.14.